The van der Waals surface area contributed by atoms with Crippen LogP contribution in [0.3, 0.4) is 0 Å². The van der Waals surface area contributed by atoms with Gasteiger partial charge in [0.2, 0.25) is 5.76 Å². The van der Waals surface area contributed by atoms with E-state index in [2.05, 4.69) is 16.1 Å². The minimum atomic E-state index is -0.972. The van der Waals surface area contributed by atoms with Crippen molar-refractivity contribution in [3.63, 3.8) is 0 Å². The lowest BCUT2D eigenvalue weighted by Gasteiger charge is -2.18. The van der Waals surface area contributed by atoms with E-state index in [-0.39, 0.29) is 12.4 Å². The summed E-state index contributed by atoms with van der Waals surface area (Å²) in [7, 11) is 0. The number of rotatable bonds is 3. The van der Waals surface area contributed by atoms with Gasteiger partial charge in [-0.1, -0.05) is 0 Å². The second-order valence-electron chi connectivity index (χ2n) is 3.71. The normalized spacial score (nSPS) is 10.4. The standard InChI is InChI=1S/C10H16O5/c1-6-13-8(11)7(2)14-9(12)15-10(3,4)5/h2,6H2,1,3-5H3. The van der Waals surface area contributed by atoms with Crippen molar-refractivity contribution < 1.29 is 23.8 Å². The molecule has 0 aromatic heterocycles. The lowest BCUT2D eigenvalue weighted by atomic mass is 10.2. The Labute approximate surface area is 89.0 Å². The zero-order valence-corrected chi connectivity index (χ0v) is 9.46. The van der Waals surface area contributed by atoms with Gasteiger partial charge in [0.1, 0.15) is 5.60 Å². The Kier molecular flexibility index (Phi) is 4.84. The van der Waals surface area contributed by atoms with E-state index in [0.717, 1.165) is 0 Å². The first kappa shape index (κ1) is 13.5. The van der Waals surface area contributed by atoms with Crippen LogP contribution in [-0.2, 0) is 19.0 Å². The summed E-state index contributed by atoms with van der Waals surface area (Å²) in [6, 6.07) is 0. The third-order valence-corrected chi connectivity index (χ3v) is 1.10. The van der Waals surface area contributed by atoms with Gasteiger partial charge in [0, 0.05) is 0 Å². The molecule has 0 spiro atoms. The SMILES string of the molecule is C=C(OC(=O)OC(C)(C)C)C(=O)OCC. The summed E-state index contributed by atoms with van der Waals surface area (Å²) in [5.41, 5.74) is -0.675. The van der Waals surface area contributed by atoms with Crippen molar-refractivity contribution in [1.29, 1.82) is 0 Å². The lowest BCUT2D eigenvalue weighted by Crippen LogP contribution is -2.25. The molecular weight excluding hydrogens is 200 g/mol. The average Bonchev–Trinajstić information content (AvgIpc) is 2.00. The van der Waals surface area contributed by atoms with Gasteiger partial charge in [-0.3, -0.25) is 0 Å². The van der Waals surface area contributed by atoms with Crippen molar-refractivity contribution in [3.8, 4) is 0 Å². The average molecular weight is 216 g/mol. The van der Waals surface area contributed by atoms with Crippen LogP contribution >= 0.6 is 0 Å². The van der Waals surface area contributed by atoms with Crippen LogP contribution in [0.15, 0.2) is 12.3 Å². The number of esters is 1. The fourth-order valence-electron chi connectivity index (χ4n) is 0.625. The maximum Gasteiger partial charge on any atom is 0.514 e. The van der Waals surface area contributed by atoms with Gasteiger partial charge in [-0.2, -0.15) is 0 Å². The minimum absolute atomic E-state index is 0.190. The fraction of sp³-hybridized carbons (Fsp3) is 0.600. The Morgan fingerprint density at radius 2 is 1.80 bits per heavy atom. The third-order valence-electron chi connectivity index (χ3n) is 1.10. The summed E-state index contributed by atoms with van der Waals surface area (Å²) in [6.07, 6.45) is -0.972. The van der Waals surface area contributed by atoms with Gasteiger partial charge in [-0.05, 0) is 34.3 Å². The molecule has 0 aliphatic carbocycles. The van der Waals surface area contributed by atoms with E-state index in [1.54, 1.807) is 27.7 Å². The highest BCUT2D eigenvalue weighted by Gasteiger charge is 2.21. The maximum atomic E-state index is 11.1. The number of hydrogen-bond donors (Lipinski definition) is 0. The molecule has 0 radical (unpaired) electrons. The number of carbonyl (C=O) groups is 2. The molecule has 0 heterocycles. The molecule has 0 aliphatic heterocycles. The van der Waals surface area contributed by atoms with E-state index < -0.39 is 17.7 Å². The summed E-state index contributed by atoms with van der Waals surface area (Å²) in [6.45, 7) is 10.1. The molecule has 15 heavy (non-hydrogen) atoms. The highest BCUT2D eigenvalue weighted by molar-refractivity contribution is 5.87. The van der Waals surface area contributed by atoms with E-state index in [1.807, 2.05) is 0 Å². The molecule has 5 nitrogen and oxygen atoms in total. The van der Waals surface area contributed by atoms with Crippen molar-refractivity contribution in [2.45, 2.75) is 33.3 Å². The van der Waals surface area contributed by atoms with Gasteiger partial charge < -0.3 is 14.2 Å². The zero-order chi connectivity index (χ0) is 12.1. The van der Waals surface area contributed by atoms with Crippen molar-refractivity contribution in [3.05, 3.63) is 12.3 Å². The molecule has 0 bridgehead atoms. The molecule has 0 unspecified atom stereocenters. The van der Waals surface area contributed by atoms with E-state index in [1.165, 1.54) is 0 Å². The maximum absolute atomic E-state index is 11.1. The molecule has 0 atom stereocenters. The first-order valence-electron chi connectivity index (χ1n) is 4.53. The Balaban J connectivity index is 4.08. The van der Waals surface area contributed by atoms with Gasteiger partial charge in [0.05, 0.1) is 6.61 Å². The highest BCUT2D eigenvalue weighted by atomic mass is 16.7. The van der Waals surface area contributed by atoms with E-state index in [0.29, 0.717) is 0 Å². The Morgan fingerprint density at radius 3 is 2.20 bits per heavy atom. The second kappa shape index (κ2) is 5.38. The predicted molar refractivity (Wildman–Crippen MR) is 53.1 cm³/mol. The first-order valence-corrected chi connectivity index (χ1v) is 4.53. The molecule has 86 valence electrons. The highest BCUT2D eigenvalue weighted by Crippen LogP contribution is 2.10. The monoisotopic (exact) mass is 216 g/mol. The van der Waals surface area contributed by atoms with Crippen LogP contribution in [0.1, 0.15) is 27.7 Å². The molecule has 0 N–H and O–H groups in total. The molecule has 0 saturated heterocycles. The Hall–Kier alpha value is -1.52. The molecule has 5 heteroatoms. The van der Waals surface area contributed by atoms with Crippen LogP contribution in [0.25, 0.3) is 0 Å². The third kappa shape index (κ3) is 6.54. The van der Waals surface area contributed by atoms with E-state index >= 15 is 0 Å². The number of carbonyl (C=O) groups excluding carboxylic acids is 2. The summed E-state index contributed by atoms with van der Waals surface area (Å²) < 4.78 is 13.9. The molecule has 0 aliphatic rings. The summed E-state index contributed by atoms with van der Waals surface area (Å²) in [5.74, 6) is -1.16. The van der Waals surface area contributed by atoms with Crippen LogP contribution in [0.4, 0.5) is 4.79 Å². The quantitative estimate of drug-likeness (QED) is 0.410. The molecule has 0 rings (SSSR count). The molecule has 0 aromatic rings. The topological polar surface area (TPSA) is 61.8 Å². The van der Waals surface area contributed by atoms with E-state index in [4.69, 9.17) is 4.74 Å². The van der Waals surface area contributed by atoms with Gasteiger partial charge in [-0.15, -0.1) is 0 Å². The predicted octanol–water partition coefficient (Wildman–Crippen LogP) is 2.01. The number of hydrogen-bond acceptors (Lipinski definition) is 5. The molecular formula is C10H16O5. The molecule has 0 saturated carbocycles. The van der Waals surface area contributed by atoms with Gasteiger partial charge in [0.25, 0.3) is 0 Å². The zero-order valence-electron chi connectivity index (χ0n) is 9.46. The summed E-state index contributed by atoms with van der Waals surface area (Å²) >= 11 is 0. The molecule has 0 amide bonds. The van der Waals surface area contributed by atoms with Crippen molar-refractivity contribution >= 4 is 12.1 Å². The Morgan fingerprint density at radius 1 is 1.27 bits per heavy atom. The van der Waals surface area contributed by atoms with Gasteiger partial charge >= 0.3 is 12.1 Å². The summed E-state index contributed by atoms with van der Waals surface area (Å²) in [5, 5.41) is 0. The Bertz CT molecular complexity index is 261. The number of ether oxygens (including phenoxy) is 3. The largest absolute Gasteiger partial charge is 0.514 e. The van der Waals surface area contributed by atoms with E-state index in [9.17, 15) is 9.59 Å². The van der Waals surface area contributed by atoms with Crippen LogP contribution in [0.2, 0.25) is 0 Å². The van der Waals surface area contributed by atoms with Crippen molar-refractivity contribution in [2.75, 3.05) is 6.61 Å². The molecule has 0 fully saturated rings. The van der Waals surface area contributed by atoms with Crippen LogP contribution in [-0.4, -0.2) is 24.3 Å². The van der Waals surface area contributed by atoms with Crippen LogP contribution in [0.5, 0.6) is 0 Å². The smallest absolute Gasteiger partial charge is 0.460 e. The van der Waals surface area contributed by atoms with Gasteiger partial charge in [0.15, 0.2) is 0 Å². The van der Waals surface area contributed by atoms with Crippen LogP contribution < -0.4 is 0 Å². The van der Waals surface area contributed by atoms with Crippen molar-refractivity contribution in [1.82, 2.24) is 0 Å². The second-order valence-corrected chi connectivity index (χ2v) is 3.71. The molecule has 0 aromatic carbocycles. The van der Waals surface area contributed by atoms with Gasteiger partial charge in [-0.25, -0.2) is 9.59 Å². The van der Waals surface area contributed by atoms with Crippen LogP contribution in [0, 0.1) is 0 Å². The first-order chi connectivity index (χ1) is 6.76. The van der Waals surface area contributed by atoms with Crippen molar-refractivity contribution in [2.24, 2.45) is 0 Å². The minimum Gasteiger partial charge on any atom is -0.460 e. The summed E-state index contributed by atoms with van der Waals surface area (Å²) in [4.78, 5) is 22.1. The fourth-order valence-corrected chi connectivity index (χ4v) is 0.625. The lowest BCUT2D eigenvalue weighted by molar-refractivity contribution is -0.142.